The summed E-state index contributed by atoms with van der Waals surface area (Å²) in [4.78, 5) is 10.2. The highest BCUT2D eigenvalue weighted by Gasteiger charge is 2.03. The fraction of sp³-hybridized carbons (Fsp3) is 0.500. The van der Waals surface area contributed by atoms with Crippen molar-refractivity contribution in [2.24, 2.45) is 5.92 Å². The van der Waals surface area contributed by atoms with Crippen molar-refractivity contribution in [1.29, 1.82) is 0 Å². The van der Waals surface area contributed by atoms with Gasteiger partial charge >= 0.3 is 5.97 Å². The Balaban J connectivity index is 3.89. The fourth-order valence-electron chi connectivity index (χ4n) is 0.402. The molecule has 0 aromatic carbocycles. The first kappa shape index (κ1) is 8.99. The second kappa shape index (κ2) is 4.83. The number of carboxylic acids is 1. The summed E-state index contributed by atoms with van der Waals surface area (Å²) >= 11 is 0. The summed E-state index contributed by atoms with van der Waals surface area (Å²) in [7, 11) is 0. The van der Waals surface area contributed by atoms with Gasteiger partial charge in [0.25, 0.3) is 0 Å². The van der Waals surface area contributed by atoms with Crippen molar-refractivity contribution in [3.63, 3.8) is 0 Å². The predicted molar refractivity (Wildman–Crippen MR) is 39.7 cm³/mol. The van der Waals surface area contributed by atoms with Crippen LogP contribution in [0.5, 0.6) is 0 Å². The number of hydrogen-bond acceptors (Lipinski definition) is 1. The Hall–Kier alpha value is -1.01. The lowest BCUT2D eigenvalue weighted by atomic mass is 10.2. The monoisotopic (exact) mass is 140 g/mol. The molecule has 0 aromatic heterocycles. The van der Waals surface area contributed by atoms with Crippen molar-refractivity contribution in [2.75, 3.05) is 0 Å². The Bertz CT molecular complexity index is 164. The Morgan fingerprint density at radius 2 is 2.40 bits per heavy atom. The molecule has 0 amide bonds. The zero-order chi connectivity index (χ0) is 7.98. The molecule has 2 heteroatoms. The van der Waals surface area contributed by atoms with E-state index in [-0.39, 0.29) is 0 Å². The SMILES string of the molecule is CCC=C=C[C@@H](C)C(=O)O. The average molecular weight is 140 g/mol. The van der Waals surface area contributed by atoms with Crippen molar-refractivity contribution in [3.05, 3.63) is 17.9 Å². The van der Waals surface area contributed by atoms with E-state index >= 15 is 0 Å². The molecule has 0 aliphatic carbocycles. The molecule has 0 heterocycles. The number of carboxylic acid groups (broad SMARTS) is 1. The molecule has 0 spiro atoms. The first-order valence-electron chi connectivity index (χ1n) is 3.32. The van der Waals surface area contributed by atoms with Crippen molar-refractivity contribution >= 4 is 5.97 Å². The highest BCUT2D eigenvalue weighted by atomic mass is 16.4. The van der Waals surface area contributed by atoms with E-state index in [9.17, 15) is 4.79 Å². The number of aliphatic carboxylic acids is 1. The molecule has 1 N–H and O–H groups in total. The second-order valence-corrected chi connectivity index (χ2v) is 2.07. The summed E-state index contributed by atoms with van der Waals surface area (Å²) in [5.74, 6) is -1.24. The molecule has 0 bridgehead atoms. The Morgan fingerprint density at radius 1 is 1.80 bits per heavy atom. The minimum Gasteiger partial charge on any atom is -0.481 e. The van der Waals surface area contributed by atoms with Crippen LogP contribution >= 0.6 is 0 Å². The van der Waals surface area contributed by atoms with Gasteiger partial charge in [-0.05, 0) is 25.5 Å². The smallest absolute Gasteiger partial charge is 0.310 e. The summed E-state index contributed by atoms with van der Waals surface area (Å²) < 4.78 is 0. The van der Waals surface area contributed by atoms with E-state index in [2.05, 4.69) is 5.73 Å². The van der Waals surface area contributed by atoms with E-state index in [1.165, 1.54) is 0 Å². The van der Waals surface area contributed by atoms with Gasteiger partial charge in [-0.3, -0.25) is 4.79 Å². The first-order chi connectivity index (χ1) is 4.68. The molecule has 10 heavy (non-hydrogen) atoms. The highest BCUT2D eigenvalue weighted by molar-refractivity contribution is 5.71. The van der Waals surface area contributed by atoms with Gasteiger partial charge in [0.15, 0.2) is 0 Å². The van der Waals surface area contributed by atoms with E-state index in [0.29, 0.717) is 0 Å². The molecule has 0 radical (unpaired) electrons. The van der Waals surface area contributed by atoms with Crippen LogP contribution in [-0.2, 0) is 4.79 Å². The molecule has 56 valence electrons. The lowest BCUT2D eigenvalue weighted by Gasteiger charge is -1.92. The van der Waals surface area contributed by atoms with E-state index in [4.69, 9.17) is 5.11 Å². The van der Waals surface area contributed by atoms with Crippen LogP contribution in [0.1, 0.15) is 20.3 Å². The summed E-state index contributed by atoms with van der Waals surface area (Å²) in [5.41, 5.74) is 2.79. The zero-order valence-corrected chi connectivity index (χ0v) is 6.29. The lowest BCUT2D eigenvalue weighted by Crippen LogP contribution is -2.04. The molecule has 0 saturated heterocycles. The maximum atomic E-state index is 10.2. The van der Waals surface area contributed by atoms with E-state index in [1.807, 2.05) is 6.92 Å². The lowest BCUT2D eigenvalue weighted by molar-refractivity contribution is -0.139. The summed E-state index contributed by atoms with van der Waals surface area (Å²) in [6, 6.07) is 0. The highest BCUT2D eigenvalue weighted by Crippen LogP contribution is 1.94. The maximum Gasteiger partial charge on any atom is 0.310 e. The summed E-state index contributed by atoms with van der Waals surface area (Å²) in [6.07, 6.45) is 4.24. The van der Waals surface area contributed by atoms with Crippen LogP contribution in [-0.4, -0.2) is 11.1 Å². The van der Waals surface area contributed by atoms with E-state index < -0.39 is 11.9 Å². The van der Waals surface area contributed by atoms with Gasteiger partial charge in [0.1, 0.15) is 0 Å². The van der Waals surface area contributed by atoms with Crippen LogP contribution in [0.25, 0.3) is 0 Å². The normalized spacial score (nSPS) is 11.4. The predicted octanol–water partition coefficient (Wildman–Crippen LogP) is 1.83. The molecular formula is C8H12O2. The Labute approximate surface area is 60.9 Å². The molecule has 0 aliphatic rings. The average Bonchev–Trinajstić information content (AvgIpc) is 1.88. The van der Waals surface area contributed by atoms with Gasteiger partial charge in [-0.2, -0.15) is 0 Å². The molecule has 2 nitrogen and oxygen atoms in total. The minimum atomic E-state index is -0.808. The topological polar surface area (TPSA) is 37.3 Å². The summed E-state index contributed by atoms with van der Waals surface area (Å²) in [5, 5.41) is 8.40. The zero-order valence-electron chi connectivity index (χ0n) is 6.29. The fourth-order valence-corrected chi connectivity index (χ4v) is 0.402. The van der Waals surface area contributed by atoms with Crippen LogP contribution in [0.2, 0.25) is 0 Å². The summed E-state index contributed by atoms with van der Waals surface area (Å²) in [6.45, 7) is 3.60. The Morgan fingerprint density at radius 3 is 2.80 bits per heavy atom. The van der Waals surface area contributed by atoms with E-state index in [0.717, 1.165) is 6.42 Å². The van der Waals surface area contributed by atoms with Crippen LogP contribution in [0.4, 0.5) is 0 Å². The second-order valence-electron chi connectivity index (χ2n) is 2.07. The van der Waals surface area contributed by atoms with Gasteiger partial charge in [-0.15, -0.1) is 5.73 Å². The van der Waals surface area contributed by atoms with Gasteiger partial charge in [0, 0.05) is 0 Å². The number of carbonyl (C=O) groups is 1. The molecule has 0 fully saturated rings. The van der Waals surface area contributed by atoms with Crippen LogP contribution in [0.15, 0.2) is 17.9 Å². The van der Waals surface area contributed by atoms with Crippen LogP contribution in [0, 0.1) is 5.92 Å². The quantitative estimate of drug-likeness (QED) is 0.607. The van der Waals surface area contributed by atoms with Gasteiger partial charge in [-0.1, -0.05) is 6.92 Å². The third-order valence-corrected chi connectivity index (χ3v) is 1.06. The molecule has 0 aliphatic heterocycles. The van der Waals surface area contributed by atoms with Gasteiger partial charge < -0.3 is 5.11 Å². The van der Waals surface area contributed by atoms with E-state index in [1.54, 1.807) is 19.1 Å². The third kappa shape index (κ3) is 3.93. The standard InChI is InChI=1S/C8H12O2/c1-3-4-5-6-7(2)8(9)10/h4,6-7H,3H2,1-2H3,(H,9,10)/t5?,7-/m1/s1. The largest absolute Gasteiger partial charge is 0.481 e. The number of hydrogen-bond donors (Lipinski definition) is 1. The molecule has 1 atom stereocenters. The van der Waals surface area contributed by atoms with Crippen LogP contribution < -0.4 is 0 Å². The molecule has 0 aromatic rings. The minimum absolute atomic E-state index is 0.428. The van der Waals surface area contributed by atoms with Crippen molar-refractivity contribution in [2.45, 2.75) is 20.3 Å². The van der Waals surface area contributed by atoms with Crippen molar-refractivity contribution < 1.29 is 9.90 Å². The maximum absolute atomic E-state index is 10.2. The molecule has 0 rings (SSSR count). The first-order valence-corrected chi connectivity index (χ1v) is 3.32. The van der Waals surface area contributed by atoms with Crippen molar-refractivity contribution in [3.8, 4) is 0 Å². The molecule has 0 unspecified atom stereocenters. The third-order valence-electron chi connectivity index (χ3n) is 1.06. The Kier molecular flexibility index (Phi) is 4.34. The van der Waals surface area contributed by atoms with Gasteiger partial charge in [0.2, 0.25) is 0 Å². The molecule has 0 saturated carbocycles. The number of rotatable bonds is 3. The van der Waals surface area contributed by atoms with Gasteiger partial charge in [-0.25, -0.2) is 0 Å². The van der Waals surface area contributed by atoms with Crippen molar-refractivity contribution in [1.82, 2.24) is 0 Å². The van der Waals surface area contributed by atoms with Gasteiger partial charge in [0.05, 0.1) is 5.92 Å². The molecular weight excluding hydrogens is 128 g/mol. The van der Waals surface area contributed by atoms with Crippen LogP contribution in [0.3, 0.4) is 0 Å².